The number of amides is 1. The molecule has 8 heteroatoms. The molecule has 1 atom stereocenters. The van der Waals surface area contributed by atoms with Gasteiger partial charge in [0.1, 0.15) is 6.07 Å². The summed E-state index contributed by atoms with van der Waals surface area (Å²) in [6.07, 6.45) is 1.16. The molecule has 3 N–H and O–H groups in total. The number of primary amides is 1. The van der Waals surface area contributed by atoms with Gasteiger partial charge in [0.15, 0.2) is 0 Å². The molecule has 0 radical (unpaired) electrons. The first-order valence-electron chi connectivity index (χ1n) is 8.18. The van der Waals surface area contributed by atoms with E-state index in [0.717, 1.165) is 0 Å². The van der Waals surface area contributed by atoms with Crippen LogP contribution in [0.2, 0.25) is 0 Å². The van der Waals surface area contributed by atoms with Gasteiger partial charge >= 0.3 is 0 Å². The summed E-state index contributed by atoms with van der Waals surface area (Å²) in [6, 6.07) is 7.60. The molecule has 25 heavy (non-hydrogen) atoms. The van der Waals surface area contributed by atoms with Crippen LogP contribution in [0.15, 0.2) is 29.2 Å². The van der Waals surface area contributed by atoms with Gasteiger partial charge in [-0.15, -0.1) is 0 Å². The number of hydrogen-bond donors (Lipinski definition) is 2. The summed E-state index contributed by atoms with van der Waals surface area (Å²) >= 11 is 0. The Bertz CT molecular complexity index is 726. The molecule has 0 spiro atoms. The fraction of sp³-hybridized carbons (Fsp3) is 0.529. The van der Waals surface area contributed by atoms with Crippen LogP contribution in [0, 0.1) is 17.2 Å². The van der Waals surface area contributed by atoms with Gasteiger partial charge in [0.25, 0.3) is 0 Å². The van der Waals surface area contributed by atoms with Crippen molar-refractivity contribution in [3.8, 4) is 6.07 Å². The number of nitriles is 1. The third-order valence-electron chi connectivity index (χ3n) is 3.79. The van der Waals surface area contributed by atoms with Crippen molar-refractivity contribution < 1.29 is 13.2 Å². The second kappa shape index (κ2) is 9.51. The third kappa shape index (κ3) is 6.12. The molecule has 0 saturated heterocycles. The zero-order chi connectivity index (χ0) is 19.0. The minimum Gasteiger partial charge on any atom is -0.368 e. The van der Waals surface area contributed by atoms with Gasteiger partial charge in [-0.1, -0.05) is 26.0 Å². The van der Waals surface area contributed by atoms with Gasteiger partial charge in [0, 0.05) is 13.6 Å². The Hall–Kier alpha value is -1.95. The largest absolute Gasteiger partial charge is 0.368 e. The quantitative estimate of drug-likeness (QED) is 0.601. The molecule has 0 saturated carbocycles. The van der Waals surface area contributed by atoms with E-state index in [1.807, 2.05) is 19.9 Å². The summed E-state index contributed by atoms with van der Waals surface area (Å²) in [5.74, 6) is -0.0758. The van der Waals surface area contributed by atoms with Crippen molar-refractivity contribution in [2.45, 2.75) is 37.6 Å². The first-order valence-corrected chi connectivity index (χ1v) is 9.62. The van der Waals surface area contributed by atoms with E-state index in [1.54, 1.807) is 12.1 Å². The number of benzene rings is 1. The Morgan fingerprint density at radius 3 is 2.56 bits per heavy atom. The third-order valence-corrected chi connectivity index (χ3v) is 5.70. The molecule has 0 heterocycles. The number of nitrogens with two attached hydrogens (primary N) is 1. The lowest BCUT2D eigenvalue weighted by Gasteiger charge is -2.20. The van der Waals surface area contributed by atoms with E-state index < -0.39 is 22.0 Å². The molecule has 138 valence electrons. The lowest BCUT2D eigenvalue weighted by molar-refractivity contribution is -0.120. The van der Waals surface area contributed by atoms with E-state index >= 15 is 0 Å². The van der Waals surface area contributed by atoms with Crippen LogP contribution < -0.4 is 11.1 Å². The molecule has 7 nitrogen and oxygen atoms in total. The second-order valence-corrected chi connectivity index (χ2v) is 8.34. The molecule has 0 fully saturated rings. The number of carbonyl (C=O) groups is 1. The smallest absolute Gasteiger partial charge is 0.244 e. The highest BCUT2D eigenvalue weighted by atomic mass is 32.2. The summed E-state index contributed by atoms with van der Waals surface area (Å²) in [5, 5.41) is 12.1. The molecule has 1 rings (SSSR count). The number of nitrogens with one attached hydrogen (secondary N) is 1. The topological polar surface area (TPSA) is 116 Å². The van der Waals surface area contributed by atoms with Crippen LogP contribution in [0.25, 0.3) is 0 Å². The maximum atomic E-state index is 12.6. The van der Waals surface area contributed by atoms with E-state index in [4.69, 9.17) is 11.0 Å². The number of nitrogens with zero attached hydrogens (tertiary/aromatic N) is 2. The molecule has 1 aromatic rings. The van der Waals surface area contributed by atoms with Crippen LogP contribution in [-0.4, -0.2) is 44.8 Å². The standard InChI is InChI=1S/C17H26N4O3S/c1-13(2)11-15(17(19)22)20-9-6-10-21(3)25(23,24)16-8-5-4-7-14(16)12-18/h4-5,7-8,13,15,20H,6,9-11H2,1-3H3,(H2,19,22)/t15-/m0/s1. The van der Waals surface area contributed by atoms with Gasteiger partial charge in [0.05, 0.1) is 16.5 Å². The molecule has 1 aromatic carbocycles. The predicted molar refractivity (Wildman–Crippen MR) is 96.0 cm³/mol. The zero-order valence-electron chi connectivity index (χ0n) is 14.9. The average molecular weight is 366 g/mol. The van der Waals surface area contributed by atoms with Crippen molar-refractivity contribution in [3.63, 3.8) is 0 Å². The first kappa shape index (κ1) is 21.1. The van der Waals surface area contributed by atoms with Gasteiger partial charge < -0.3 is 11.1 Å². The van der Waals surface area contributed by atoms with Crippen molar-refractivity contribution >= 4 is 15.9 Å². The Morgan fingerprint density at radius 2 is 2.00 bits per heavy atom. The molecule has 0 aromatic heterocycles. The Morgan fingerprint density at radius 1 is 1.36 bits per heavy atom. The Balaban J connectivity index is 2.63. The van der Waals surface area contributed by atoms with E-state index in [1.165, 1.54) is 23.5 Å². The minimum atomic E-state index is -3.73. The van der Waals surface area contributed by atoms with Crippen molar-refractivity contribution in [1.82, 2.24) is 9.62 Å². The molecule has 0 unspecified atom stereocenters. The van der Waals surface area contributed by atoms with E-state index in [9.17, 15) is 13.2 Å². The SMILES string of the molecule is CC(C)C[C@H](NCCCN(C)S(=O)(=O)c1ccccc1C#N)C(N)=O. The summed E-state index contributed by atoms with van der Waals surface area (Å²) in [4.78, 5) is 11.4. The van der Waals surface area contributed by atoms with E-state index in [-0.39, 0.29) is 17.0 Å². The monoisotopic (exact) mass is 366 g/mol. The first-order chi connectivity index (χ1) is 11.7. The summed E-state index contributed by atoms with van der Waals surface area (Å²) < 4.78 is 26.4. The number of rotatable bonds is 10. The van der Waals surface area contributed by atoms with Crippen LogP contribution >= 0.6 is 0 Å². The molecule has 0 aliphatic rings. The van der Waals surface area contributed by atoms with Crippen molar-refractivity contribution in [2.75, 3.05) is 20.1 Å². The molecule has 0 bridgehead atoms. The van der Waals surface area contributed by atoms with Gasteiger partial charge in [-0.2, -0.15) is 5.26 Å². The lowest BCUT2D eigenvalue weighted by Crippen LogP contribution is -2.43. The van der Waals surface area contributed by atoms with Gasteiger partial charge in [-0.3, -0.25) is 4.79 Å². The molecular formula is C17H26N4O3S. The van der Waals surface area contributed by atoms with E-state index in [2.05, 4.69) is 5.32 Å². The predicted octanol–water partition coefficient (Wildman–Crippen LogP) is 1.06. The molecule has 0 aliphatic heterocycles. The fourth-order valence-electron chi connectivity index (χ4n) is 2.42. The van der Waals surface area contributed by atoms with Crippen LogP contribution in [-0.2, 0) is 14.8 Å². The fourth-order valence-corrected chi connectivity index (χ4v) is 3.77. The Labute approximate surface area is 149 Å². The highest BCUT2D eigenvalue weighted by molar-refractivity contribution is 7.89. The van der Waals surface area contributed by atoms with Gasteiger partial charge in [0.2, 0.25) is 15.9 Å². The highest BCUT2D eigenvalue weighted by Gasteiger charge is 2.23. The summed E-state index contributed by atoms with van der Waals surface area (Å²) in [5.41, 5.74) is 5.49. The van der Waals surface area contributed by atoms with Crippen molar-refractivity contribution in [3.05, 3.63) is 29.8 Å². The average Bonchev–Trinajstić information content (AvgIpc) is 2.56. The maximum Gasteiger partial charge on any atom is 0.244 e. The van der Waals surface area contributed by atoms with Crippen molar-refractivity contribution in [1.29, 1.82) is 5.26 Å². The zero-order valence-corrected chi connectivity index (χ0v) is 15.7. The van der Waals surface area contributed by atoms with E-state index in [0.29, 0.717) is 25.3 Å². The van der Waals surface area contributed by atoms with Crippen LogP contribution in [0.4, 0.5) is 0 Å². The molecule has 1 amide bonds. The van der Waals surface area contributed by atoms with Crippen LogP contribution in [0.1, 0.15) is 32.3 Å². The minimum absolute atomic E-state index is 0.00257. The Kier molecular flexibility index (Phi) is 8.03. The summed E-state index contributed by atoms with van der Waals surface area (Å²) in [6.45, 7) is 4.75. The lowest BCUT2D eigenvalue weighted by atomic mass is 10.0. The summed E-state index contributed by atoms with van der Waals surface area (Å²) in [7, 11) is -2.25. The number of sulfonamides is 1. The molecule has 0 aliphatic carbocycles. The maximum absolute atomic E-state index is 12.6. The highest BCUT2D eigenvalue weighted by Crippen LogP contribution is 2.18. The van der Waals surface area contributed by atoms with Gasteiger partial charge in [-0.25, -0.2) is 12.7 Å². The molecular weight excluding hydrogens is 340 g/mol. The van der Waals surface area contributed by atoms with Crippen LogP contribution in [0.5, 0.6) is 0 Å². The normalized spacial score (nSPS) is 13.0. The second-order valence-electron chi connectivity index (χ2n) is 6.33. The van der Waals surface area contributed by atoms with Gasteiger partial charge in [-0.05, 0) is 37.4 Å². The van der Waals surface area contributed by atoms with Crippen LogP contribution in [0.3, 0.4) is 0 Å². The number of carbonyl (C=O) groups excluding carboxylic acids is 1. The van der Waals surface area contributed by atoms with Crippen molar-refractivity contribution in [2.24, 2.45) is 11.7 Å². The number of hydrogen-bond acceptors (Lipinski definition) is 5.